The highest BCUT2D eigenvalue weighted by Crippen LogP contribution is 2.21. The Bertz CT molecular complexity index is 680. The SMILES string of the molecule is NC(c1ccccn1)c1nc(F)nc2nc[nH]c12. The summed E-state index contributed by atoms with van der Waals surface area (Å²) in [7, 11) is 0. The Morgan fingerprint density at radius 3 is 2.89 bits per heavy atom. The van der Waals surface area contributed by atoms with Crippen LogP contribution in [-0.4, -0.2) is 24.9 Å². The number of hydrogen-bond acceptors (Lipinski definition) is 5. The Hall–Kier alpha value is -2.41. The van der Waals surface area contributed by atoms with Crippen LogP contribution in [0.15, 0.2) is 30.7 Å². The van der Waals surface area contributed by atoms with E-state index in [1.54, 1.807) is 18.3 Å². The minimum absolute atomic E-state index is 0.254. The first-order valence-corrected chi connectivity index (χ1v) is 5.29. The van der Waals surface area contributed by atoms with Gasteiger partial charge in [-0.05, 0) is 12.1 Å². The molecule has 0 bridgehead atoms. The largest absolute Gasteiger partial charge is 0.342 e. The van der Waals surface area contributed by atoms with Gasteiger partial charge in [-0.2, -0.15) is 9.37 Å². The normalized spacial score (nSPS) is 12.8. The van der Waals surface area contributed by atoms with Crippen molar-refractivity contribution in [2.24, 2.45) is 5.73 Å². The maximum absolute atomic E-state index is 13.3. The highest BCUT2D eigenvalue weighted by molar-refractivity contribution is 5.73. The standard InChI is InChI=1S/C11H9FN6/c12-11-17-8(9-10(18-11)16-5-15-9)7(13)6-3-1-2-4-14-6/h1-5,7H,13H2,(H,15,16,17,18). The molecule has 7 heteroatoms. The number of aromatic amines is 1. The monoisotopic (exact) mass is 244 g/mol. The summed E-state index contributed by atoms with van der Waals surface area (Å²) in [6.45, 7) is 0. The Balaban J connectivity index is 2.17. The summed E-state index contributed by atoms with van der Waals surface area (Å²) in [5, 5.41) is 0. The van der Waals surface area contributed by atoms with Crippen molar-refractivity contribution >= 4 is 11.2 Å². The molecule has 0 aliphatic carbocycles. The molecule has 3 N–H and O–H groups in total. The van der Waals surface area contributed by atoms with E-state index in [9.17, 15) is 4.39 Å². The van der Waals surface area contributed by atoms with Crippen molar-refractivity contribution in [3.05, 3.63) is 48.2 Å². The molecule has 3 aromatic rings. The van der Waals surface area contributed by atoms with Crippen LogP contribution in [0.5, 0.6) is 0 Å². The molecule has 1 unspecified atom stereocenters. The molecule has 0 spiro atoms. The van der Waals surface area contributed by atoms with E-state index in [0.717, 1.165) is 0 Å². The highest BCUT2D eigenvalue weighted by Gasteiger charge is 2.18. The van der Waals surface area contributed by atoms with Crippen molar-refractivity contribution in [1.29, 1.82) is 0 Å². The van der Waals surface area contributed by atoms with E-state index in [2.05, 4.69) is 24.9 Å². The van der Waals surface area contributed by atoms with Crippen LogP contribution >= 0.6 is 0 Å². The second-order valence-corrected chi connectivity index (χ2v) is 3.71. The van der Waals surface area contributed by atoms with E-state index in [1.807, 2.05) is 6.07 Å². The van der Waals surface area contributed by atoms with Gasteiger partial charge >= 0.3 is 6.08 Å². The molecule has 6 nitrogen and oxygen atoms in total. The Morgan fingerprint density at radius 1 is 1.22 bits per heavy atom. The summed E-state index contributed by atoms with van der Waals surface area (Å²) >= 11 is 0. The summed E-state index contributed by atoms with van der Waals surface area (Å²) in [6.07, 6.45) is 2.20. The molecule has 90 valence electrons. The summed E-state index contributed by atoms with van der Waals surface area (Å²) in [5.41, 5.74) is 7.76. The lowest BCUT2D eigenvalue weighted by atomic mass is 10.1. The third-order valence-corrected chi connectivity index (χ3v) is 2.59. The summed E-state index contributed by atoms with van der Waals surface area (Å²) in [6, 6.07) is 4.71. The Morgan fingerprint density at radius 2 is 2.11 bits per heavy atom. The van der Waals surface area contributed by atoms with Crippen molar-refractivity contribution in [2.75, 3.05) is 0 Å². The van der Waals surface area contributed by atoms with Crippen molar-refractivity contribution < 1.29 is 4.39 Å². The maximum atomic E-state index is 13.3. The molecular formula is C11H9FN6. The van der Waals surface area contributed by atoms with E-state index in [4.69, 9.17) is 5.73 Å². The van der Waals surface area contributed by atoms with Crippen LogP contribution in [0, 0.1) is 6.08 Å². The highest BCUT2D eigenvalue weighted by atomic mass is 19.1. The van der Waals surface area contributed by atoms with Gasteiger partial charge in [0, 0.05) is 6.20 Å². The van der Waals surface area contributed by atoms with Crippen LogP contribution in [0.2, 0.25) is 0 Å². The number of imidazole rings is 1. The number of rotatable bonds is 2. The molecule has 3 heterocycles. The van der Waals surface area contributed by atoms with Crippen LogP contribution in [-0.2, 0) is 0 Å². The number of aromatic nitrogens is 5. The van der Waals surface area contributed by atoms with E-state index in [-0.39, 0.29) is 5.65 Å². The molecule has 0 amide bonds. The van der Waals surface area contributed by atoms with Gasteiger partial charge in [0.2, 0.25) is 0 Å². The van der Waals surface area contributed by atoms with E-state index in [1.165, 1.54) is 6.33 Å². The number of H-pyrrole nitrogens is 1. The van der Waals surface area contributed by atoms with E-state index >= 15 is 0 Å². The van der Waals surface area contributed by atoms with Gasteiger partial charge in [0.15, 0.2) is 5.65 Å². The lowest BCUT2D eigenvalue weighted by Gasteiger charge is -2.10. The molecule has 3 aromatic heterocycles. The zero-order chi connectivity index (χ0) is 12.5. The van der Waals surface area contributed by atoms with Crippen LogP contribution in [0.3, 0.4) is 0 Å². The molecule has 3 rings (SSSR count). The second kappa shape index (κ2) is 4.11. The van der Waals surface area contributed by atoms with Crippen LogP contribution in [0.4, 0.5) is 4.39 Å². The number of hydrogen-bond donors (Lipinski definition) is 2. The van der Waals surface area contributed by atoms with Crippen LogP contribution < -0.4 is 5.73 Å². The number of fused-ring (bicyclic) bond motifs is 1. The van der Waals surface area contributed by atoms with E-state index in [0.29, 0.717) is 16.9 Å². The summed E-state index contributed by atoms with van der Waals surface area (Å²) < 4.78 is 13.3. The lowest BCUT2D eigenvalue weighted by molar-refractivity contribution is 0.534. The van der Waals surface area contributed by atoms with Gasteiger partial charge in [-0.3, -0.25) is 4.98 Å². The molecule has 1 atom stereocenters. The number of pyridine rings is 1. The van der Waals surface area contributed by atoms with Gasteiger partial charge in [0.25, 0.3) is 0 Å². The first-order valence-electron chi connectivity index (χ1n) is 5.29. The minimum Gasteiger partial charge on any atom is -0.342 e. The number of nitrogens with one attached hydrogen (secondary N) is 1. The average Bonchev–Trinajstić information content (AvgIpc) is 2.86. The maximum Gasteiger partial charge on any atom is 0.311 e. The summed E-state index contributed by atoms with van der Waals surface area (Å²) in [5.74, 6) is 0. The predicted molar refractivity (Wildman–Crippen MR) is 61.9 cm³/mol. The predicted octanol–water partition coefficient (Wildman–Crippen LogP) is 0.935. The van der Waals surface area contributed by atoms with Gasteiger partial charge in [0.1, 0.15) is 5.52 Å². The fourth-order valence-electron chi connectivity index (χ4n) is 1.75. The molecule has 0 radical (unpaired) electrons. The number of halogens is 1. The van der Waals surface area contributed by atoms with Crippen LogP contribution in [0.25, 0.3) is 11.2 Å². The fraction of sp³-hybridized carbons (Fsp3) is 0.0909. The topological polar surface area (TPSA) is 93.4 Å². The van der Waals surface area contributed by atoms with Gasteiger partial charge < -0.3 is 10.7 Å². The van der Waals surface area contributed by atoms with Crippen molar-refractivity contribution in [3.63, 3.8) is 0 Å². The zero-order valence-corrected chi connectivity index (χ0v) is 9.21. The average molecular weight is 244 g/mol. The molecular weight excluding hydrogens is 235 g/mol. The van der Waals surface area contributed by atoms with Crippen molar-refractivity contribution in [2.45, 2.75) is 6.04 Å². The minimum atomic E-state index is -0.851. The van der Waals surface area contributed by atoms with Gasteiger partial charge in [-0.25, -0.2) is 9.97 Å². The molecule has 0 aliphatic heterocycles. The quantitative estimate of drug-likeness (QED) is 0.654. The molecule has 0 fully saturated rings. The first kappa shape index (κ1) is 10.7. The fourth-order valence-corrected chi connectivity index (χ4v) is 1.75. The third-order valence-electron chi connectivity index (χ3n) is 2.59. The number of nitrogens with zero attached hydrogens (tertiary/aromatic N) is 4. The van der Waals surface area contributed by atoms with Gasteiger partial charge in [-0.15, -0.1) is 0 Å². The lowest BCUT2D eigenvalue weighted by Crippen LogP contribution is -2.16. The molecule has 0 aromatic carbocycles. The van der Waals surface area contributed by atoms with E-state index < -0.39 is 12.1 Å². The van der Waals surface area contributed by atoms with Crippen molar-refractivity contribution in [3.8, 4) is 0 Å². The number of nitrogens with two attached hydrogens (primary N) is 1. The first-order chi connectivity index (χ1) is 8.75. The summed E-state index contributed by atoms with van der Waals surface area (Å²) in [4.78, 5) is 18.2. The molecule has 0 aliphatic rings. The second-order valence-electron chi connectivity index (χ2n) is 3.71. The Labute approximate surface area is 101 Å². The van der Waals surface area contributed by atoms with Crippen molar-refractivity contribution in [1.82, 2.24) is 24.9 Å². The molecule has 18 heavy (non-hydrogen) atoms. The van der Waals surface area contributed by atoms with Gasteiger partial charge in [-0.1, -0.05) is 6.07 Å². The molecule has 0 saturated carbocycles. The smallest absolute Gasteiger partial charge is 0.311 e. The Kier molecular flexibility index (Phi) is 2.45. The molecule has 0 saturated heterocycles. The zero-order valence-electron chi connectivity index (χ0n) is 9.21. The van der Waals surface area contributed by atoms with Crippen LogP contribution in [0.1, 0.15) is 17.4 Å². The third kappa shape index (κ3) is 1.70. The van der Waals surface area contributed by atoms with Gasteiger partial charge in [0.05, 0.1) is 23.8 Å².